The number of alkyl halides is 3. The normalized spacial score (nSPS) is 15.5. The summed E-state index contributed by atoms with van der Waals surface area (Å²) in [5.74, 6) is -4.06. The third kappa shape index (κ3) is 9.16. The van der Waals surface area contributed by atoms with Crippen LogP contribution in [-0.4, -0.2) is 55.2 Å². The fraction of sp³-hybridized carbons (Fsp3) is 0.391. The van der Waals surface area contributed by atoms with Crippen LogP contribution in [0.15, 0.2) is 52.4 Å². The first-order valence-corrected chi connectivity index (χ1v) is 12.3. The molecule has 37 heavy (non-hydrogen) atoms. The molecule has 0 aliphatic rings. The number of benzene rings is 2. The van der Waals surface area contributed by atoms with Gasteiger partial charge in [-0.3, -0.25) is 4.79 Å². The average Bonchev–Trinajstić information content (AvgIpc) is 2.81. The van der Waals surface area contributed by atoms with Gasteiger partial charge < -0.3 is 38.3 Å². The van der Waals surface area contributed by atoms with Crippen LogP contribution in [0.1, 0.15) is 18.0 Å². The number of nitrogens with zero attached hydrogens (tertiary/aromatic N) is 1. The molecule has 4 unspecified atom stereocenters. The zero-order chi connectivity index (χ0) is 27.8. The van der Waals surface area contributed by atoms with Gasteiger partial charge in [0.2, 0.25) is 5.96 Å². The number of aromatic hydroxyl groups is 1. The van der Waals surface area contributed by atoms with Crippen molar-refractivity contribution in [2.24, 2.45) is 28.1 Å². The quantitative estimate of drug-likeness (QED) is 0.0780. The van der Waals surface area contributed by atoms with Crippen LogP contribution < -0.4 is 33.2 Å². The molecule has 0 aliphatic heterocycles. The molecule has 9 nitrogen and oxygen atoms in total. The molecule has 0 aliphatic carbocycles. The number of carbonyl (C=O) groups excluding carboxylic acids is 1. The molecule has 10 N–H and O–H groups in total. The highest BCUT2D eigenvalue weighted by molar-refractivity contribution is 7.98. The molecule has 14 heteroatoms. The van der Waals surface area contributed by atoms with E-state index in [1.54, 1.807) is 18.2 Å². The van der Waals surface area contributed by atoms with Crippen LogP contribution in [0.25, 0.3) is 0 Å². The molecule has 0 heterocycles. The van der Waals surface area contributed by atoms with Crippen LogP contribution in [-0.2, 0) is 4.79 Å². The number of thioether (sulfide) groups is 1. The van der Waals surface area contributed by atoms with Crippen molar-refractivity contribution in [3.63, 3.8) is 0 Å². The number of hydrogen-bond acceptors (Lipinski definition) is 7. The Morgan fingerprint density at radius 3 is 2.46 bits per heavy atom. The van der Waals surface area contributed by atoms with Crippen LogP contribution in [0.2, 0.25) is 0 Å². The van der Waals surface area contributed by atoms with Crippen molar-refractivity contribution in [2.45, 2.75) is 35.7 Å². The molecule has 0 saturated heterocycles. The second-order valence-electron chi connectivity index (χ2n) is 8.19. The summed E-state index contributed by atoms with van der Waals surface area (Å²) in [6.07, 6.45) is -4.01. The largest absolute Gasteiger partial charge is 0.508 e. The van der Waals surface area contributed by atoms with E-state index < -0.39 is 42.1 Å². The number of amides is 1. The molecule has 2 aromatic rings. The fourth-order valence-electron chi connectivity index (χ4n) is 3.39. The van der Waals surface area contributed by atoms with Crippen molar-refractivity contribution >= 4 is 29.3 Å². The summed E-state index contributed by atoms with van der Waals surface area (Å²) >= 11 is 1.45. The van der Waals surface area contributed by atoms with E-state index in [4.69, 9.17) is 17.2 Å². The van der Waals surface area contributed by atoms with E-state index in [1.165, 1.54) is 30.9 Å². The van der Waals surface area contributed by atoms with Crippen LogP contribution in [0.4, 0.5) is 23.2 Å². The Morgan fingerprint density at radius 2 is 1.86 bits per heavy atom. The number of hydrogen-bond donors (Lipinski definition) is 7. The number of rotatable bonds is 10. The highest BCUT2D eigenvalue weighted by Crippen LogP contribution is 2.25. The minimum Gasteiger partial charge on any atom is -0.508 e. The molecule has 2 rings (SSSR count). The van der Waals surface area contributed by atoms with Crippen molar-refractivity contribution in [3.05, 3.63) is 53.8 Å². The lowest BCUT2D eigenvalue weighted by Crippen LogP contribution is -2.51. The van der Waals surface area contributed by atoms with Gasteiger partial charge >= 0.3 is 6.18 Å². The van der Waals surface area contributed by atoms with Gasteiger partial charge in [0.1, 0.15) is 17.6 Å². The average molecular weight is 546 g/mol. The summed E-state index contributed by atoms with van der Waals surface area (Å²) in [5, 5.41) is 17.5. The molecule has 0 fully saturated rings. The first-order valence-electron chi connectivity index (χ1n) is 11.1. The number of anilines is 1. The maximum Gasteiger partial charge on any atom is 0.404 e. The topological polar surface area (TPSA) is 164 Å². The lowest BCUT2D eigenvalue weighted by molar-refractivity contribution is -0.164. The second kappa shape index (κ2) is 13.6. The molecule has 1 amide bonds. The summed E-state index contributed by atoms with van der Waals surface area (Å²) < 4.78 is 54.0. The van der Waals surface area contributed by atoms with E-state index in [0.29, 0.717) is 5.69 Å². The number of phenolic OH excluding ortho intramolecular Hbond substituents is 1. The third-order valence-corrected chi connectivity index (χ3v) is 6.05. The highest BCUT2D eigenvalue weighted by Gasteiger charge is 2.44. The van der Waals surface area contributed by atoms with E-state index in [1.807, 2.05) is 12.3 Å². The summed E-state index contributed by atoms with van der Waals surface area (Å²) in [5.41, 5.74) is 18.1. The Balaban J connectivity index is 2.31. The van der Waals surface area contributed by atoms with Crippen molar-refractivity contribution in [1.29, 1.82) is 0 Å². The molecule has 0 spiro atoms. The molecule has 204 valence electrons. The van der Waals surface area contributed by atoms with E-state index >= 15 is 0 Å². The third-order valence-electron chi connectivity index (χ3n) is 5.32. The van der Waals surface area contributed by atoms with Crippen molar-refractivity contribution in [3.8, 4) is 5.75 Å². The molecule has 4 atom stereocenters. The molecular weight excluding hydrogens is 514 g/mol. The second-order valence-corrected chi connectivity index (χ2v) is 9.07. The van der Waals surface area contributed by atoms with Gasteiger partial charge in [-0.15, -0.1) is 11.8 Å². The van der Waals surface area contributed by atoms with Crippen LogP contribution in [0.3, 0.4) is 0 Å². The van der Waals surface area contributed by atoms with Gasteiger partial charge in [0.25, 0.3) is 5.91 Å². The number of aliphatic imine (C=N–C) groups is 1. The maximum absolute atomic E-state index is 14.2. The van der Waals surface area contributed by atoms with Crippen LogP contribution in [0.5, 0.6) is 5.75 Å². The van der Waals surface area contributed by atoms with Crippen molar-refractivity contribution < 1.29 is 27.5 Å². The Kier molecular flexibility index (Phi) is 11.1. The minimum absolute atomic E-state index is 0.0521. The van der Waals surface area contributed by atoms with Gasteiger partial charge in [0, 0.05) is 41.2 Å². The van der Waals surface area contributed by atoms with Crippen molar-refractivity contribution in [2.75, 3.05) is 25.2 Å². The Morgan fingerprint density at radius 1 is 1.16 bits per heavy atom. The molecule has 0 saturated carbocycles. The highest BCUT2D eigenvalue weighted by atomic mass is 32.2. The predicted molar refractivity (Wildman–Crippen MR) is 136 cm³/mol. The fourth-order valence-corrected chi connectivity index (χ4v) is 3.85. The van der Waals surface area contributed by atoms with Gasteiger partial charge in [-0.1, -0.05) is 12.1 Å². The number of halogens is 4. The predicted octanol–water partition coefficient (Wildman–Crippen LogP) is 2.24. The Hall–Kier alpha value is -2.91. The minimum atomic E-state index is -4.82. The summed E-state index contributed by atoms with van der Waals surface area (Å²) in [6.45, 7) is -0.366. The lowest BCUT2D eigenvalue weighted by Gasteiger charge is -2.24. The van der Waals surface area contributed by atoms with Crippen molar-refractivity contribution in [1.82, 2.24) is 10.6 Å². The maximum atomic E-state index is 14.2. The summed E-state index contributed by atoms with van der Waals surface area (Å²) in [4.78, 5) is 17.5. The first-order chi connectivity index (χ1) is 17.3. The van der Waals surface area contributed by atoms with Gasteiger partial charge in [-0.25, -0.2) is 4.39 Å². The van der Waals surface area contributed by atoms with E-state index in [0.717, 1.165) is 11.0 Å². The van der Waals surface area contributed by atoms with Gasteiger partial charge in [0.15, 0.2) is 0 Å². The first kappa shape index (κ1) is 30.3. The molecule has 0 radical (unpaired) electrons. The smallest absolute Gasteiger partial charge is 0.404 e. The van der Waals surface area contributed by atoms with Crippen LogP contribution in [0, 0.1) is 11.7 Å². The van der Waals surface area contributed by atoms with Crippen LogP contribution >= 0.6 is 11.8 Å². The number of nitrogens with two attached hydrogens (primary N) is 3. The summed E-state index contributed by atoms with van der Waals surface area (Å²) in [7, 11) is 1.39. The Bertz CT molecular complexity index is 1090. The van der Waals surface area contributed by atoms with E-state index in [-0.39, 0.29) is 30.2 Å². The van der Waals surface area contributed by atoms with E-state index in [9.17, 15) is 27.5 Å². The molecular formula is C23H31F4N7O2S. The summed E-state index contributed by atoms with van der Waals surface area (Å²) in [6, 6.07) is 7.12. The van der Waals surface area contributed by atoms with Gasteiger partial charge in [0.05, 0.1) is 12.1 Å². The standard InChI is InChI=1S/C23H31F4N7O2S/c1-31-11-16(20(30)23(25,26)27)21(36)34-22(32-12-4-3-5-14(8-12)37-2)33-19(29)10-18(28)15-7-6-13(35)9-17(15)24/h3-9,16,18-20,31,35H,10-11,28-30H2,1-2H3,(H2,32,33,34,36). The molecule has 2 aromatic carbocycles. The lowest BCUT2D eigenvalue weighted by atomic mass is 9.99. The number of nitrogens with one attached hydrogen (secondary N) is 3. The monoisotopic (exact) mass is 545 g/mol. The molecule has 0 bridgehead atoms. The Labute approximate surface area is 216 Å². The van der Waals surface area contributed by atoms with Gasteiger partial charge in [-0.05, 0) is 37.6 Å². The SMILES string of the molecule is CNCC(C(=O)/N=C(\Nc1cccc(SC)c1)NC(N)CC(N)c1ccc(O)cc1F)C(N)C(F)(F)F. The number of phenols is 1. The zero-order valence-corrected chi connectivity index (χ0v) is 21.0. The number of carbonyl (C=O) groups is 1. The number of guanidine groups is 1. The van der Waals surface area contributed by atoms with Gasteiger partial charge in [-0.2, -0.15) is 18.2 Å². The van der Waals surface area contributed by atoms with E-state index in [2.05, 4.69) is 20.9 Å². The zero-order valence-electron chi connectivity index (χ0n) is 20.2. The molecule has 0 aromatic heterocycles.